The topological polar surface area (TPSA) is 64.2 Å². The molecule has 0 atom stereocenters. The third-order valence-electron chi connectivity index (χ3n) is 3.54. The van der Waals surface area contributed by atoms with E-state index >= 15 is 0 Å². The molecule has 3 rings (SSSR count). The molecule has 5 heteroatoms. The van der Waals surface area contributed by atoms with Crippen LogP contribution in [0.1, 0.15) is 23.1 Å². The molecule has 3 aromatic rings. The van der Waals surface area contributed by atoms with Crippen molar-refractivity contribution < 1.29 is 14.3 Å². The number of fused-ring (bicyclic) bond motifs is 1. The normalized spacial score (nSPS) is 11.1. The van der Waals surface area contributed by atoms with Gasteiger partial charge < -0.3 is 14.5 Å². The molecule has 0 fully saturated rings. The van der Waals surface area contributed by atoms with Gasteiger partial charge in [-0.1, -0.05) is 24.3 Å². The van der Waals surface area contributed by atoms with E-state index in [2.05, 4.69) is 9.97 Å². The van der Waals surface area contributed by atoms with Crippen LogP contribution in [0.5, 0.6) is 11.5 Å². The monoisotopic (exact) mass is 322 g/mol. The fraction of sp³-hybridized carbons (Fsp3) is 0.158. The Labute approximate surface area is 139 Å². The molecule has 24 heavy (non-hydrogen) atoms. The number of methoxy groups -OCH3 is 1. The summed E-state index contributed by atoms with van der Waals surface area (Å²) in [6, 6.07) is 13.1. The molecule has 0 spiro atoms. The third-order valence-corrected chi connectivity index (χ3v) is 3.54. The fourth-order valence-electron chi connectivity index (χ4n) is 2.38. The van der Waals surface area contributed by atoms with Gasteiger partial charge in [-0.2, -0.15) is 0 Å². The van der Waals surface area contributed by atoms with Crippen molar-refractivity contribution >= 4 is 22.9 Å². The second kappa shape index (κ2) is 7.00. The van der Waals surface area contributed by atoms with Gasteiger partial charge in [0, 0.05) is 0 Å². The molecule has 0 amide bonds. The summed E-state index contributed by atoms with van der Waals surface area (Å²) >= 11 is 0. The number of carbonyl (C=O) groups is 1. The van der Waals surface area contributed by atoms with E-state index in [0.29, 0.717) is 23.9 Å². The number of nitrogens with zero attached hydrogens (tertiary/aromatic N) is 1. The van der Waals surface area contributed by atoms with E-state index in [0.717, 1.165) is 16.6 Å². The summed E-state index contributed by atoms with van der Waals surface area (Å²) in [6.07, 6.45) is 3.22. The van der Waals surface area contributed by atoms with Crippen molar-refractivity contribution in [1.82, 2.24) is 9.97 Å². The predicted octanol–water partition coefficient (Wildman–Crippen LogP) is 3.87. The number of H-pyrrole nitrogens is 1. The zero-order valence-electron chi connectivity index (χ0n) is 13.6. The van der Waals surface area contributed by atoms with E-state index < -0.39 is 0 Å². The number of rotatable bonds is 6. The number of nitrogens with one attached hydrogen (secondary N) is 1. The quantitative estimate of drug-likeness (QED) is 0.553. The van der Waals surface area contributed by atoms with Crippen molar-refractivity contribution in [2.75, 3.05) is 13.7 Å². The van der Waals surface area contributed by atoms with Gasteiger partial charge in [0.15, 0.2) is 17.3 Å². The standard InChI is InChI=1S/C19H18N2O3/c1-3-24-17-11-9-13(12-18(17)23-2)8-10-16(22)19-20-14-6-4-5-7-15(14)21-19/h4-12H,3H2,1-2H3,(H,20,21)/b10-8+. The zero-order valence-corrected chi connectivity index (χ0v) is 13.6. The highest BCUT2D eigenvalue weighted by atomic mass is 16.5. The summed E-state index contributed by atoms with van der Waals surface area (Å²) in [5.74, 6) is 1.46. The molecule has 0 saturated carbocycles. The SMILES string of the molecule is CCOc1ccc(/C=C/C(=O)c2nc3ccccc3[nH]2)cc1OC. The molecule has 122 valence electrons. The summed E-state index contributed by atoms with van der Waals surface area (Å²) in [5, 5.41) is 0. The number of hydrogen-bond acceptors (Lipinski definition) is 4. The molecule has 1 aromatic heterocycles. The molecular formula is C19H18N2O3. The number of ketones is 1. The number of allylic oxidation sites excluding steroid dienone is 1. The molecule has 0 bridgehead atoms. The van der Waals surface area contributed by atoms with E-state index in [1.54, 1.807) is 13.2 Å². The summed E-state index contributed by atoms with van der Waals surface area (Å²) in [4.78, 5) is 19.6. The van der Waals surface area contributed by atoms with Crippen molar-refractivity contribution in [3.8, 4) is 11.5 Å². The van der Waals surface area contributed by atoms with E-state index in [1.165, 1.54) is 6.08 Å². The van der Waals surface area contributed by atoms with E-state index in [1.807, 2.05) is 49.4 Å². The Morgan fingerprint density at radius 1 is 1.21 bits per heavy atom. The number of para-hydroxylation sites is 2. The minimum Gasteiger partial charge on any atom is -0.493 e. The smallest absolute Gasteiger partial charge is 0.221 e. The maximum absolute atomic E-state index is 12.3. The first-order valence-electron chi connectivity index (χ1n) is 7.69. The lowest BCUT2D eigenvalue weighted by Gasteiger charge is -2.09. The lowest BCUT2D eigenvalue weighted by Crippen LogP contribution is -1.97. The second-order valence-electron chi connectivity index (χ2n) is 5.14. The lowest BCUT2D eigenvalue weighted by atomic mass is 10.1. The van der Waals surface area contributed by atoms with Gasteiger partial charge in [-0.3, -0.25) is 4.79 Å². The van der Waals surface area contributed by atoms with Crippen LogP contribution in [0.2, 0.25) is 0 Å². The number of carbonyl (C=O) groups excluding carboxylic acids is 1. The third kappa shape index (κ3) is 3.30. The number of imidazole rings is 1. The molecule has 0 saturated heterocycles. The zero-order chi connectivity index (χ0) is 16.9. The Bertz CT molecular complexity index is 864. The highest BCUT2D eigenvalue weighted by molar-refractivity contribution is 6.05. The van der Waals surface area contributed by atoms with Crippen molar-refractivity contribution in [2.24, 2.45) is 0 Å². The molecule has 0 radical (unpaired) electrons. The molecule has 0 aliphatic carbocycles. The van der Waals surface area contributed by atoms with Crippen LogP contribution < -0.4 is 9.47 Å². The van der Waals surface area contributed by atoms with Gasteiger partial charge in [-0.15, -0.1) is 0 Å². The molecule has 5 nitrogen and oxygen atoms in total. The number of benzene rings is 2. The lowest BCUT2D eigenvalue weighted by molar-refractivity contribution is 0.103. The summed E-state index contributed by atoms with van der Waals surface area (Å²) in [5.41, 5.74) is 2.47. The van der Waals surface area contributed by atoms with Crippen LogP contribution in [0.3, 0.4) is 0 Å². The highest BCUT2D eigenvalue weighted by Gasteiger charge is 2.08. The Morgan fingerprint density at radius 2 is 2.04 bits per heavy atom. The minimum atomic E-state index is -0.181. The summed E-state index contributed by atoms with van der Waals surface area (Å²) in [6.45, 7) is 2.48. The van der Waals surface area contributed by atoms with Gasteiger partial charge in [0.2, 0.25) is 5.78 Å². The average molecular weight is 322 g/mol. The van der Waals surface area contributed by atoms with Crippen molar-refractivity contribution in [3.05, 3.63) is 59.9 Å². The summed E-state index contributed by atoms with van der Waals surface area (Å²) in [7, 11) is 1.59. The van der Waals surface area contributed by atoms with Crippen molar-refractivity contribution in [1.29, 1.82) is 0 Å². The van der Waals surface area contributed by atoms with E-state index in [-0.39, 0.29) is 5.78 Å². The van der Waals surface area contributed by atoms with Crippen LogP contribution in [0.4, 0.5) is 0 Å². The first-order valence-corrected chi connectivity index (χ1v) is 7.69. The first-order chi connectivity index (χ1) is 11.7. The maximum Gasteiger partial charge on any atom is 0.221 e. The van der Waals surface area contributed by atoms with Gasteiger partial charge in [-0.25, -0.2) is 4.98 Å². The van der Waals surface area contributed by atoms with Gasteiger partial charge in [0.25, 0.3) is 0 Å². The van der Waals surface area contributed by atoms with Gasteiger partial charge in [0.05, 0.1) is 24.8 Å². The minimum absolute atomic E-state index is 0.181. The van der Waals surface area contributed by atoms with Crippen LogP contribution in [0, 0.1) is 0 Å². The number of aromatic nitrogens is 2. The maximum atomic E-state index is 12.3. The van der Waals surface area contributed by atoms with Crippen molar-refractivity contribution in [3.63, 3.8) is 0 Å². The predicted molar refractivity (Wildman–Crippen MR) is 93.6 cm³/mol. The van der Waals surface area contributed by atoms with E-state index in [9.17, 15) is 4.79 Å². The van der Waals surface area contributed by atoms with Crippen LogP contribution >= 0.6 is 0 Å². The van der Waals surface area contributed by atoms with Gasteiger partial charge in [0.1, 0.15) is 0 Å². The Hall–Kier alpha value is -3.08. The first kappa shape index (κ1) is 15.8. The van der Waals surface area contributed by atoms with Crippen molar-refractivity contribution in [2.45, 2.75) is 6.92 Å². The van der Waals surface area contributed by atoms with Crippen LogP contribution in [-0.4, -0.2) is 29.5 Å². The number of ether oxygens (including phenoxy) is 2. The van der Waals surface area contributed by atoms with Gasteiger partial charge >= 0.3 is 0 Å². The Balaban J connectivity index is 1.80. The molecule has 1 heterocycles. The molecular weight excluding hydrogens is 304 g/mol. The molecule has 0 unspecified atom stereocenters. The molecule has 1 N–H and O–H groups in total. The summed E-state index contributed by atoms with van der Waals surface area (Å²) < 4.78 is 10.8. The largest absolute Gasteiger partial charge is 0.493 e. The van der Waals surface area contributed by atoms with Crippen LogP contribution in [0.15, 0.2) is 48.5 Å². The fourth-order valence-corrected chi connectivity index (χ4v) is 2.38. The number of aromatic amines is 1. The molecule has 2 aromatic carbocycles. The van der Waals surface area contributed by atoms with Gasteiger partial charge in [-0.05, 0) is 42.8 Å². The highest BCUT2D eigenvalue weighted by Crippen LogP contribution is 2.28. The number of hydrogen-bond donors (Lipinski definition) is 1. The van der Waals surface area contributed by atoms with Crippen LogP contribution in [-0.2, 0) is 0 Å². The van der Waals surface area contributed by atoms with E-state index in [4.69, 9.17) is 9.47 Å². The molecule has 0 aliphatic rings. The second-order valence-corrected chi connectivity index (χ2v) is 5.14. The molecule has 0 aliphatic heterocycles. The average Bonchev–Trinajstić information content (AvgIpc) is 3.05. The van der Waals surface area contributed by atoms with Crippen LogP contribution in [0.25, 0.3) is 17.1 Å². The Morgan fingerprint density at radius 3 is 2.79 bits per heavy atom. The Kier molecular flexibility index (Phi) is 4.61.